The Morgan fingerprint density at radius 2 is 1.89 bits per heavy atom. The fraction of sp³-hybridized carbons (Fsp3) is 0.421. The van der Waals surface area contributed by atoms with E-state index in [1.165, 1.54) is 15.6 Å². The Balaban J connectivity index is 1.63. The third-order valence-corrected chi connectivity index (χ3v) is 7.55. The summed E-state index contributed by atoms with van der Waals surface area (Å²) in [4.78, 5) is 14.5. The van der Waals surface area contributed by atoms with E-state index in [-0.39, 0.29) is 5.91 Å². The first-order valence-electron chi connectivity index (χ1n) is 8.93. The maximum Gasteiger partial charge on any atom is 0.254 e. The van der Waals surface area contributed by atoms with Gasteiger partial charge in [0.1, 0.15) is 9.96 Å². The van der Waals surface area contributed by atoms with Crippen molar-refractivity contribution in [3.05, 3.63) is 47.3 Å². The quantitative estimate of drug-likeness (QED) is 0.737. The summed E-state index contributed by atoms with van der Waals surface area (Å²) >= 11 is 1.21. The van der Waals surface area contributed by atoms with E-state index >= 15 is 0 Å². The monoisotopic (exact) mass is 408 g/mol. The minimum Gasteiger partial charge on any atom is -0.493 e. The SMILES string of the molecule is CC(C)COc1cccc(C(=O)N2CCN(S(=O)(=O)c3cccs3)CC2)c1. The number of sulfonamides is 1. The molecule has 0 radical (unpaired) electrons. The molecule has 6 nitrogen and oxygen atoms in total. The minimum atomic E-state index is -3.46. The van der Waals surface area contributed by atoms with Crippen LogP contribution in [0.1, 0.15) is 24.2 Å². The number of carbonyl (C=O) groups excluding carboxylic acids is 1. The summed E-state index contributed by atoms with van der Waals surface area (Å²) in [5.41, 5.74) is 0.561. The number of hydrogen-bond acceptors (Lipinski definition) is 5. The van der Waals surface area contributed by atoms with E-state index in [0.29, 0.717) is 54.2 Å². The van der Waals surface area contributed by atoms with E-state index in [0.717, 1.165) is 0 Å². The lowest BCUT2D eigenvalue weighted by atomic mass is 10.1. The number of ether oxygens (including phenoxy) is 1. The topological polar surface area (TPSA) is 66.9 Å². The van der Waals surface area contributed by atoms with Crippen LogP contribution in [0.5, 0.6) is 5.75 Å². The Bertz CT molecular complexity index is 871. The maximum absolute atomic E-state index is 12.8. The van der Waals surface area contributed by atoms with E-state index in [1.807, 2.05) is 6.07 Å². The first-order valence-corrected chi connectivity index (χ1v) is 11.3. The summed E-state index contributed by atoms with van der Waals surface area (Å²) in [6.07, 6.45) is 0. The van der Waals surface area contributed by atoms with Gasteiger partial charge in [0.15, 0.2) is 0 Å². The summed E-state index contributed by atoms with van der Waals surface area (Å²) in [5.74, 6) is 0.981. The molecule has 0 aliphatic carbocycles. The molecule has 146 valence electrons. The van der Waals surface area contributed by atoms with Crippen molar-refractivity contribution in [3.8, 4) is 5.75 Å². The standard InChI is InChI=1S/C19H24N2O4S2/c1-15(2)14-25-17-6-3-5-16(13-17)19(22)20-8-10-21(11-9-20)27(23,24)18-7-4-12-26-18/h3-7,12-13,15H,8-11,14H2,1-2H3. The molecule has 1 aliphatic heterocycles. The molecule has 0 saturated carbocycles. The van der Waals surface area contributed by atoms with E-state index in [4.69, 9.17) is 4.74 Å². The summed E-state index contributed by atoms with van der Waals surface area (Å²) in [5, 5.41) is 1.75. The number of piperazine rings is 1. The van der Waals surface area contributed by atoms with E-state index in [1.54, 1.807) is 40.6 Å². The number of amides is 1. The first-order chi connectivity index (χ1) is 12.9. The highest BCUT2D eigenvalue weighted by Crippen LogP contribution is 2.23. The third kappa shape index (κ3) is 4.69. The second kappa shape index (κ2) is 8.41. The van der Waals surface area contributed by atoms with Crippen LogP contribution in [0.15, 0.2) is 46.0 Å². The van der Waals surface area contributed by atoms with Crippen LogP contribution < -0.4 is 4.74 Å². The minimum absolute atomic E-state index is 0.0989. The summed E-state index contributed by atoms with van der Waals surface area (Å²) in [7, 11) is -3.46. The van der Waals surface area contributed by atoms with Gasteiger partial charge in [0.2, 0.25) is 0 Å². The number of hydrogen-bond donors (Lipinski definition) is 0. The molecule has 0 unspecified atom stereocenters. The molecule has 1 saturated heterocycles. The molecule has 2 aromatic rings. The highest BCUT2D eigenvalue weighted by Gasteiger charge is 2.31. The van der Waals surface area contributed by atoms with Gasteiger partial charge >= 0.3 is 0 Å². The van der Waals surface area contributed by atoms with Crippen LogP contribution in [0.2, 0.25) is 0 Å². The second-order valence-corrected chi connectivity index (χ2v) is 9.97. The van der Waals surface area contributed by atoms with Gasteiger partial charge in [0.05, 0.1) is 6.61 Å². The van der Waals surface area contributed by atoms with Crippen molar-refractivity contribution in [1.29, 1.82) is 0 Å². The molecule has 0 N–H and O–H groups in total. The Labute approximate surface area is 164 Å². The first kappa shape index (κ1) is 19.9. The van der Waals surface area contributed by atoms with Gasteiger partial charge in [-0.05, 0) is 35.6 Å². The van der Waals surface area contributed by atoms with Crippen LogP contribution in [-0.4, -0.2) is 56.3 Å². The van der Waals surface area contributed by atoms with Gasteiger partial charge in [-0.2, -0.15) is 4.31 Å². The van der Waals surface area contributed by atoms with Crippen molar-refractivity contribution in [2.24, 2.45) is 5.92 Å². The van der Waals surface area contributed by atoms with Crippen molar-refractivity contribution in [2.45, 2.75) is 18.1 Å². The lowest BCUT2D eigenvalue weighted by molar-refractivity contribution is 0.0697. The van der Waals surface area contributed by atoms with Crippen molar-refractivity contribution < 1.29 is 17.9 Å². The number of nitrogens with zero attached hydrogens (tertiary/aromatic N) is 2. The molecule has 0 spiro atoms. The van der Waals surface area contributed by atoms with Crippen molar-refractivity contribution in [3.63, 3.8) is 0 Å². The lowest BCUT2D eigenvalue weighted by Gasteiger charge is -2.33. The number of benzene rings is 1. The van der Waals surface area contributed by atoms with Gasteiger partial charge < -0.3 is 9.64 Å². The van der Waals surface area contributed by atoms with Crippen LogP contribution >= 0.6 is 11.3 Å². The van der Waals surface area contributed by atoms with Crippen LogP contribution in [0, 0.1) is 5.92 Å². The Morgan fingerprint density at radius 1 is 1.15 bits per heavy atom. The summed E-state index contributed by atoms with van der Waals surface area (Å²) in [6.45, 7) is 6.08. The van der Waals surface area contributed by atoms with Crippen LogP contribution in [0.25, 0.3) is 0 Å². The van der Waals surface area contributed by atoms with Gasteiger partial charge in [0.25, 0.3) is 15.9 Å². The van der Waals surface area contributed by atoms with Gasteiger partial charge in [0, 0.05) is 31.7 Å². The molecule has 1 aromatic heterocycles. The smallest absolute Gasteiger partial charge is 0.254 e. The molecule has 1 amide bonds. The molecule has 3 rings (SSSR count). The predicted octanol–water partition coefficient (Wildman–Crippen LogP) is 2.93. The lowest BCUT2D eigenvalue weighted by Crippen LogP contribution is -2.50. The third-order valence-electron chi connectivity index (χ3n) is 4.28. The van der Waals surface area contributed by atoms with Crippen molar-refractivity contribution in [1.82, 2.24) is 9.21 Å². The molecule has 2 heterocycles. The molecule has 8 heteroatoms. The fourth-order valence-electron chi connectivity index (χ4n) is 2.83. The second-order valence-electron chi connectivity index (χ2n) is 6.86. The largest absolute Gasteiger partial charge is 0.493 e. The zero-order valence-electron chi connectivity index (χ0n) is 15.5. The normalized spacial score (nSPS) is 15.9. The summed E-state index contributed by atoms with van der Waals surface area (Å²) in [6, 6.07) is 10.5. The number of rotatable bonds is 6. The Morgan fingerprint density at radius 3 is 2.52 bits per heavy atom. The van der Waals surface area contributed by atoms with Crippen LogP contribution in [-0.2, 0) is 10.0 Å². The molecule has 0 atom stereocenters. The Kier molecular flexibility index (Phi) is 6.18. The highest BCUT2D eigenvalue weighted by atomic mass is 32.2. The average molecular weight is 409 g/mol. The molecule has 1 fully saturated rings. The molecule has 27 heavy (non-hydrogen) atoms. The fourth-order valence-corrected chi connectivity index (χ4v) is 5.40. The molecule has 0 bridgehead atoms. The zero-order valence-corrected chi connectivity index (χ0v) is 17.1. The molecular formula is C19H24N2O4S2. The van der Waals surface area contributed by atoms with E-state index < -0.39 is 10.0 Å². The van der Waals surface area contributed by atoms with Crippen LogP contribution in [0.4, 0.5) is 0 Å². The van der Waals surface area contributed by atoms with E-state index in [2.05, 4.69) is 13.8 Å². The van der Waals surface area contributed by atoms with Gasteiger partial charge in [-0.3, -0.25) is 4.79 Å². The predicted molar refractivity (Wildman–Crippen MR) is 106 cm³/mol. The zero-order chi connectivity index (χ0) is 19.4. The van der Waals surface area contributed by atoms with Gasteiger partial charge in [-0.15, -0.1) is 11.3 Å². The maximum atomic E-state index is 12.8. The average Bonchev–Trinajstić information content (AvgIpc) is 3.22. The number of thiophene rings is 1. The molecular weight excluding hydrogens is 384 g/mol. The number of carbonyl (C=O) groups is 1. The van der Waals surface area contributed by atoms with E-state index in [9.17, 15) is 13.2 Å². The van der Waals surface area contributed by atoms with Gasteiger partial charge in [-0.25, -0.2) is 8.42 Å². The molecule has 1 aromatic carbocycles. The highest BCUT2D eigenvalue weighted by molar-refractivity contribution is 7.91. The van der Waals surface area contributed by atoms with Crippen LogP contribution in [0.3, 0.4) is 0 Å². The Hall–Kier alpha value is -1.90. The summed E-state index contributed by atoms with van der Waals surface area (Å²) < 4.78 is 32.7. The van der Waals surface area contributed by atoms with Gasteiger partial charge in [-0.1, -0.05) is 26.0 Å². The molecule has 1 aliphatic rings. The van der Waals surface area contributed by atoms with Crippen molar-refractivity contribution >= 4 is 27.3 Å². The van der Waals surface area contributed by atoms with Crippen molar-refractivity contribution in [2.75, 3.05) is 32.8 Å².